The van der Waals surface area contributed by atoms with Crippen molar-refractivity contribution < 1.29 is 23.8 Å². The van der Waals surface area contributed by atoms with E-state index in [1.54, 1.807) is 0 Å². The number of ketones is 1. The number of rotatable bonds is 5. The minimum absolute atomic E-state index is 0.310. The van der Waals surface area contributed by atoms with E-state index in [1.807, 2.05) is 0 Å². The highest BCUT2D eigenvalue weighted by Crippen LogP contribution is 2.28. The fraction of sp³-hybridized carbons (Fsp3) is 0.391. The standard InChI is InChI=1S/C23H26FN3O2/c1-16(2)18-5-3-17(4-6-18)14-25-9-11-26(12-10-25)15-27-21-13-19(24)7-8-20(21)22(28)23(27)29/h3-8,13,16H,9-12,14-15H2,1-2H3/p+2. The number of piperazine rings is 1. The van der Waals surface area contributed by atoms with Gasteiger partial charge in [-0.15, -0.1) is 0 Å². The van der Waals surface area contributed by atoms with Gasteiger partial charge in [0, 0.05) is 5.56 Å². The molecule has 0 unspecified atom stereocenters. The number of amides is 1. The molecule has 2 aromatic carbocycles. The zero-order chi connectivity index (χ0) is 20.5. The van der Waals surface area contributed by atoms with Crippen LogP contribution < -0.4 is 14.7 Å². The van der Waals surface area contributed by atoms with Gasteiger partial charge in [-0.2, -0.15) is 0 Å². The number of Topliss-reactive ketones (excluding diaryl/α,β-unsaturated/α-hetero) is 1. The molecule has 152 valence electrons. The second kappa shape index (κ2) is 8.05. The summed E-state index contributed by atoms with van der Waals surface area (Å²) in [4.78, 5) is 28.7. The highest BCUT2D eigenvalue weighted by atomic mass is 19.1. The monoisotopic (exact) mass is 397 g/mol. The van der Waals surface area contributed by atoms with Crippen LogP contribution in [0, 0.1) is 5.82 Å². The summed E-state index contributed by atoms with van der Waals surface area (Å²) in [7, 11) is 0. The number of carbonyl (C=O) groups excluding carboxylic acids is 2. The number of carbonyl (C=O) groups is 2. The number of anilines is 1. The van der Waals surface area contributed by atoms with E-state index in [9.17, 15) is 14.0 Å². The second-order valence-corrected chi connectivity index (χ2v) is 8.45. The highest BCUT2D eigenvalue weighted by molar-refractivity contribution is 6.52. The molecule has 0 spiro atoms. The molecule has 4 rings (SSSR count). The summed E-state index contributed by atoms with van der Waals surface area (Å²) in [5, 5.41) is 0. The summed E-state index contributed by atoms with van der Waals surface area (Å²) < 4.78 is 13.6. The van der Waals surface area contributed by atoms with Gasteiger partial charge in [-0.25, -0.2) is 4.39 Å². The molecule has 5 nitrogen and oxygen atoms in total. The molecule has 2 heterocycles. The van der Waals surface area contributed by atoms with E-state index in [2.05, 4.69) is 38.1 Å². The molecule has 0 radical (unpaired) electrons. The largest absolute Gasteiger partial charge is 0.322 e. The van der Waals surface area contributed by atoms with Crippen LogP contribution in [0.4, 0.5) is 10.1 Å². The zero-order valence-corrected chi connectivity index (χ0v) is 17.0. The molecule has 0 bridgehead atoms. The topological polar surface area (TPSA) is 46.3 Å². The van der Waals surface area contributed by atoms with Gasteiger partial charge in [-0.3, -0.25) is 14.5 Å². The highest BCUT2D eigenvalue weighted by Gasteiger charge is 2.39. The van der Waals surface area contributed by atoms with E-state index in [-0.39, 0.29) is 0 Å². The third kappa shape index (κ3) is 4.09. The van der Waals surface area contributed by atoms with Gasteiger partial charge in [-0.05, 0) is 29.7 Å². The Hall–Kier alpha value is -2.57. The molecular formula is C23H28FN3O2+2. The van der Waals surface area contributed by atoms with E-state index in [0.29, 0.717) is 23.8 Å². The first-order valence-corrected chi connectivity index (χ1v) is 10.3. The number of fused-ring (bicyclic) bond motifs is 1. The normalized spacial score (nSPS) is 21.7. The Morgan fingerprint density at radius 2 is 1.62 bits per heavy atom. The number of halogens is 1. The summed E-state index contributed by atoms with van der Waals surface area (Å²) in [6, 6.07) is 12.8. The number of hydrogen-bond donors (Lipinski definition) is 2. The van der Waals surface area contributed by atoms with Crippen LogP contribution in [0.3, 0.4) is 0 Å². The van der Waals surface area contributed by atoms with Crippen molar-refractivity contribution in [3.63, 3.8) is 0 Å². The van der Waals surface area contributed by atoms with Crippen molar-refractivity contribution in [1.82, 2.24) is 0 Å². The van der Waals surface area contributed by atoms with Crippen molar-refractivity contribution in [2.45, 2.75) is 26.3 Å². The lowest BCUT2D eigenvalue weighted by molar-refractivity contribution is -1.02. The second-order valence-electron chi connectivity index (χ2n) is 8.45. The molecule has 1 amide bonds. The molecule has 2 aliphatic rings. The predicted molar refractivity (Wildman–Crippen MR) is 109 cm³/mol. The van der Waals surface area contributed by atoms with Gasteiger partial charge >= 0.3 is 5.91 Å². The van der Waals surface area contributed by atoms with E-state index in [4.69, 9.17) is 0 Å². The molecule has 2 aliphatic heterocycles. The molecular weight excluding hydrogens is 369 g/mol. The van der Waals surface area contributed by atoms with Gasteiger partial charge in [0.2, 0.25) is 0 Å². The van der Waals surface area contributed by atoms with Crippen LogP contribution in [0.25, 0.3) is 0 Å². The lowest BCUT2D eigenvalue weighted by atomic mass is 10.0. The summed E-state index contributed by atoms with van der Waals surface area (Å²) in [6.45, 7) is 9.67. The molecule has 2 N–H and O–H groups in total. The SMILES string of the molecule is CC(C)c1ccc(C[NH+]2CC[NH+](CN3C(=O)C(=O)c4ccc(F)cc43)CC2)cc1. The first-order chi connectivity index (χ1) is 13.9. The average molecular weight is 397 g/mol. The Labute approximate surface area is 170 Å². The Bertz CT molecular complexity index is 918. The van der Waals surface area contributed by atoms with Gasteiger partial charge < -0.3 is 9.80 Å². The Balaban J connectivity index is 1.34. The van der Waals surface area contributed by atoms with Gasteiger partial charge in [0.1, 0.15) is 38.5 Å². The molecule has 1 fully saturated rings. The molecule has 1 saturated heterocycles. The third-order valence-electron chi connectivity index (χ3n) is 6.08. The third-order valence-corrected chi connectivity index (χ3v) is 6.08. The van der Waals surface area contributed by atoms with Gasteiger partial charge in [0.25, 0.3) is 5.78 Å². The number of nitrogens with one attached hydrogen (secondary N) is 2. The number of benzene rings is 2. The summed E-state index contributed by atoms with van der Waals surface area (Å²) >= 11 is 0. The minimum atomic E-state index is -0.543. The number of hydrogen-bond acceptors (Lipinski definition) is 2. The number of quaternary nitrogens is 2. The first kappa shape index (κ1) is 19.7. The van der Waals surface area contributed by atoms with Crippen molar-refractivity contribution in [3.05, 3.63) is 65.0 Å². The van der Waals surface area contributed by atoms with Crippen LogP contribution in [0.5, 0.6) is 0 Å². The minimum Gasteiger partial charge on any atom is -0.322 e. The lowest BCUT2D eigenvalue weighted by Gasteiger charge is -2.32. The molecule has 2 aromatic rings. The predicted octanol–water partition coefficient (Wildman–Crippen LogP) is 0.420. The smallest absolute Gasteiger partial charge is 0.303 e. The quantitative estimate of drug-likeness (QED) is 0.719. The molecule has 0 aromatic heterocycles. The van der Waals surface area contributed by atoms with Crippen LogP contribution in [-0.4, -0.2) is 44.5 Å². The lowest BCUT2D eigenvalue weighted by Crippen LogP contribution is -3.28. The first-order valence-electron chi connectivity index (χ1n) is 10.3. The number of nitrogens with zero attached hydrogens (tertiary/aromatic N) is 1. The van der Waals surface area contributed by atoms with Crippen molar-refractivity contribution in [1.29, 1.82) is 0 Å². The van der Waals surface area contributed by atoms with Crippen molar-refractivity contribution in [2.75, 3.05) is 37.7 Å². The Morgan fingerprint density at radius 1 is 0.966 bits per heavy atom. The molecule has 0 aliphatic carbocycles. The molecule has 29 heavy (non-hydrogen) atoms. The van der Waals surface area contributed by atoms with Gasteiger partial charge in [-0.1, -0.05) is 38.1 Å². The van der Waals surface area contributed by atoms with Crippen molar-refractivity contribution in [2.24, 2.45) is 0 Å². The average Bonchev–Trinajstić information content (AvgIpc) is 2.94. The van der Waals surface area contributed by atoms with Crippen molar-refractivity contribution >= 4 is 17.4 Å². The van der Waals surface area contributed by atoms with E-state index in [1.165, 1.54) is 44.0 Å². The van der Waals surface area contributed by atoms with Crippen LogP contribution in [0.15, 0.2) is 42.5 Å². The zero-order valence-electron chi connectivity index (χ0n) is 17.0. The molecule has 0 atom stereocenters. The van der Waals surface area contributed by atoms with Crippen molar-refractivity contribution in [3.8, 4) is 0 Å². The van der Waals surface area contributed by atoms with E-state index >= 15 is 0 Å². The maximum absolute atomic E-state index is 13.6. The Kier molecular flexibility index (Phi) is 5.48. The van der Waals surface area contributed by atoms with Crippen LogP contribution in [0.1, 0.15) is 41.3 Å². The summed E-state index contributed by atoms with van der Waals surface area (Å²) in [6.07, 6.45) is 0. The van der Waals surface area contributed by atoms with Crippen LogP contribution in [0.2, 0.25) is 0 Å². The van der Waals surface area contributed by atoms with E-state index in [0.717, 1.165) is 32.7 Å². The van der Waals surface area contributed by atoms with E-state index < -0.39 is 17.5 Å². The van der Waals surface area contributed by atoms with Crippen LogP contribution in [-0.2, 0) is 11.3 Å². The molecule has 6 heteroatoms. The van der Waals surface area contributed by atoms with Gasteiger partial charge in [0.15, 0.2) is 6.67 Å². The van der Waals surface area contributed by atoms with Crippen LogP contribution >= 0.6 is 0 Å². The molecule has 0 saturated carbocycles. The summed E-state index contributed by atoms with van der Waals surface area (Å²) in [5.74, 6) is -0.960. The fourth-order valence-electron chi connectivity index (χ4n) is 4.25. The Morgan fingerprint density at radius 3 is 2.28 bits per heavy atom. The maximum Gasteiger partial charge on any atom is 0.303 e. The fourth-order valence-corrected chi connectivity index (χ4v) is 4.25. The van der Waals surface area contributed by atoms with Gasteiger partial charge in [0.05, 0.1) is 11.3 Å². The maximum atomic E-state index is 13.6. The summed E-state index contributed by atoms with van der Waals surface area (Å²) in [5.41, 5.74) is 3.43.